The van der Waals surface area contributed by atoms with Gasteiger partial charge in [0.05, 0.1) is 12.1 Å². The number of benzene rings is 2. The summed E-state index contributed by atoms with van der Waals surface area (Å²) in [7, 11) is 0. The number of Topliss-reactive ketones (excluding diaryl/α,β-unsaturated/α-hetero) is 1. The van der Waals surface area contributed by atoms with Crippen LogP contribution < -0.4 is 0 Å². The molecule has 0 aliphatic carbocycles. The van der Waals surface area contributed by atoms with Crippen LogP contribution in [0.25, 0.3) is 11.1 Å². The van der Waals surface area contributed by atoms with Crippen LogP contribution >= 0.6 is 0 Å². The molecule has 6 heteroatoms. The van der Waals surface area contributed by atoms with Crippen molar-refractivity contribution in [2.45, 2.75) is 45.6 Å². The van der Waals surface area contributed by atoms with Gasteiger partial charge in [0.15, 0.2) is 0 Å². The first-order valence-electron chi connectivity index (χ1n) is 10.4. The van der Waals surface area contributed by atoms with Crippen molar-refractivity contribution in [1.82, 2.24) is 14.8 Å². The van der Waals surface area contributed by atoms with Crippen molar-refractivity contribution in [1.29, 1.82) is 0 Å². The van der Waals surface area contributed by atoms with Crippen LogP contribution in [-0.4, -0.2) is 31.6 Å². The number of terminal acetylenes is 1. The Balaban J connectivity index is 1.83. The van der Waals surface area contributed by atoms with Gasteiger partial charge in [-0.05, 0) is 29.2 Å². The molecule has 3 rings (SSSR count). The molecule has 3 aromatic rings. The highest BCUT2D eigenvalue weighted by Gasteiger charge is 2.16. The second-order valence-corrected chi connectivity index (χ2v) is 7.28. The highest BCUT2D eigenvalue weighted by molar-refractivity contribution is 5.96. The Bertz CT molecular complexity index is 1110. The van der Waals surface area contributed by atoms with Gasteiger partial charge in [-0.3, -0.25) is 4.79 Å². The third-order valence-electron chi connectivity index (χ3n) is 5.01. The molecule has 0 spiro atoms. The predicted octanol–water partition coefficient (Wildman–Crippen LogP) is 4.63. The van der Waals surface area contributed by atoms with Gasteiger partial charge in [0.2, 0.25) is 11.6 Å². The summed E-state index contributed by atoms with van der Waals surface area (Å²) in [5, 5.41) is 13.8. The number of carboxylic acid groups (broad SMARTS) is 1. The number of aromatic carboxylic acids is 1. The van der Waals surface area contributed by atoms with Gasteiger partial charge in [0.25, 0.3) is 0 Å². The predicted molar refractivity (Wildman–Crippen MR) is 119 cm³/mol. The van der Waals surface area contributed by atoms with Crippen LogP contribution in [0.1, 0.15) is 65.0 Å². The van der Waals surface area contributed by atoms with Crippen LogP contribution in [0, 0.1) is 12.3 Å². The molecule has 0 amide bonds. The Hall–Kier alpha value is -3.72. The molecule has 0 bridgehead atoms. The van der Waals surface area contributed by atoms with E-state index in [-0.39, 0.29) is 17.2 Å². The summed E-state index contributed by atoms with van der Waals surface area (Å²) in [4.78, 5) is 28.3. The van der Waals surface area contributed by atoms with Crippen molar-refractivity contribution in [2.24, 2.45) is 0 Å². The molecule has 0 saturated carbocycles. The minimum Gasteiger partial charge on any atom is -0.478 e. The third-order valence-corrected chi connectivity index (χ3v) is 5.01. The summed E-state index contributed by atoms with van der Waals surface area (Å²) in [5.41, 5.74) is 2.74. The molecule has 0 aliphatic heterocycles. The van der Waals surface area contributed by atoms with Crippen molar-refractivity contribution >= 4 is 11.8 Å². The van der Waals surface area contributed by atoms with Gasteiger partial charge >= 0.3 is 5.97 Å². The second kappa shape index (κ2) is 10.4. The van der Waals surface area contributed by atoms with Gasteiger partial charge in [-0.15, -0.1) is 17.4 Å². The minimum absolute atomic E-state index is 0.0526. The number of ketones is 1. The lowest BCUT2D eigenvalue weighted by molar-refractivity contribution is 0.0697. The van der Waals surface area contributed by atoms with E-state index in [2.05, 4.69) is 16.0 Å². The molecule has 1 N–H and O–H groups in total. The lowest BCUT2D eigenvalue weighted by Gasteiger charge is -2.08. The van der Waals surface area contributed by atoms with E-state index in [1.165, 1.54) is 0 Å². The normalized spacial score (nSPS) is 10.6. The van der Waals surface area contributed by atoms with E-state index in [4.69, 9.17) is 6.42 Å². The number of unbranched alkanes of at least 4 members (excludes halogenated alkanes) is 1. The molecule has 0 fully saturated rings. The molecule has 1 heterocycles. The molecule has 0 aliphatic rings. The van der Waals surface area contributed by atoms with Crippen LogP contribution in [0.4, 0.5) is 0 Å². The number of hydrogen-bond acceptors (Lipinski definition) is 4. The highest BCUT2D eigenvalue weighted by Crippen LogP contribution is 2.24. The third kappa shape index (κ3) is 5.46. The van der Waals surface area contributed by atoms with E-state index in [0.717, 1.165) is 24.0 Å². The molecular weight excluding hydrogens is 390 g/mol. The first-order chi connectivity index (χ1) is 15.0. The maximum atomic E-state index is 12.4. The van der Waals surface area contributed by atoms with Gasteiger partial charge in [-0.2, -0.15) is 0 Å². The first kappa shape index (κ1) is 22.0. The number of nitrogens with zero attached hydrogens (tertiary/aromatic N) is 3. The van der Waals surface area contributed by atoms with E-state index >= 15 is 0 Å². The summed E-state index contributed by atoms with van der Waals surface area (Å²) in [6.07, 6.45) is 8.59. The number of aryl methyl sites for hydroxylation is 1. The van der Waals surface area contributed by atoms with Crippen LogP contribution in [-0.2, 0) is 13.0 Å². The lowest BCUT2D eigenvalue weighted by atomic mass is 9.98. The number of rotatable bonds is 10. The van der Waals surface area contributed by atoms with E-state index < -0.39 is 5.97 Å². The van der Waals surface area contributed by atoms with E-state index in [9.17, 15) is 14.7 Å². The van der Waals surface area contributed by atoms with Crippen molar-refractivity contribution in [3.63, 3.8) is 0 Å². The molecule has 31 heavy (non-hydrogen) atoms. The molecule has 6 nitrogen and oxygen atoms in total. The maximum absolute atomic E-state index is 12.4. The summed E-state index contributed by atoms with van der Waals surface area (Å²) < 4.78 is 1.71. The minimum atomic E-state index is -0.957. The Morgan fingerprint density at radius 3 is 2.55 bits per heavy atom. The molecule has 158 valence electrons. The Morgan fingerprint density at radius 1 is 1.13 bits per heavy atom. The summed E-state index contributed by atoms with van der Waals surface area (Å²) >= 11 is 0. The Morgan fingerprint density at radius 2 is 1.87 bits per heavy atom. The standard InChI is InChI=1S/C25H25N3O3/c1-3-5-11-22(29)24-26-23(28(27-24)16-6-4-2)17-18-12-14-19(15-13-18)20-9-7-8-10-21(20)25(30)31/h2,7-10,12-15H,3,5-6,11,16-17H2,1H3,(H,30,31). The molecule has 0 atom stereocenters. The van der Waals surface area contributed by atoms with Crippen molar-refractivity contribution < 1.29 is 14.7 Å². The summed E-state index contributed by atoms with van der Waals surface area (Å²) in [6.45, 7) is 2.54. The molecule has 2 aromatic carbocycles. The van der Waals surface area contributed by atoms with Crippen molar-refractivity contribution in [3.05, 3.63) is 71.3 Å². The molecule has 0 unspecified atom stereocenters. The van der Waals surface area contributed by atoms with Crippen molar-refractivity contribution in [2.75, 3.05) is 0 Å². The second-order valence-electron chi connectivity index (χ2n) is 7.28. The molecule has 1 aromatic heterocycles. The van der Waals surface area contributed by atoms with Gasteiger partial charge in [-0.25, -0.2) is 14.5 Å². The molecule has 0 saturated heterocycles. The highest BCUT2D eigenvalue weighted by atomic mass is 16.4. The summed E-state index contributed by atoms with van der Waals surface area (Å²) in [6, 6.07) is 14.6. The molecular formula is C25H25N3O3. The Kier molecular flexibility index (Phi) is 7.34. The van der Waals surface area contributed by atoms with Gasteiger partial charge in [0.1, 0.15) is 5.82 Å². The van der Waals surface area contributed by atoms with E-state index in [1.807, 2.05) is 37.3 Å². The van der Waals surface area contributed by atoms with Gasteiger partial charge in [0, 0.05) is 19.3 Å². The first-order valence-corrected chi connectivity index (χ1v) is 10.4. The lowest BCUT2D eigenvalue weighted by Crippen LogP contribution is -2.07. The average Bonchev–Trinajstić information content (AvgIpc) is 3.19. The zero-order valence-corrected chi connectivity index (χ0v) is 17.5. The van der Waals surface area contributed by atoms with E-state index in [0.29, 0.717) is 37.2 Å². The SMILES string of the molecule is C#CCCn1nc(C(=O)CCCC)nc1Cc1ccc(-c2ccccc2C(=O)O)cc1. The quantitative estimate of drug-likeness (QED) is 0.385. The number of hydrogen-bond donors (Lipinski definition) is 1. The number of carbonyl (C=O) groups is 2. The van der Waals surface area contributed by atoms with Gasteiger partial charge in [-0.1, -0.05) is 55.8 Å². The number of carboxylic acids is 1. The topological polar surface area (TPSA) is 85.1 Å². The van der Waals surface area contributed by atoms with Gasteiger partial charge < -0.3 is 5.11 Å². The number of carbonyl (C=O) groups excluding carboxylic acids is 1. The average molecular weight is 415 g/mol. The summed E-state index contributed by atoms with van der Waals surface area (Å²) in [5.74, 6) is 2.52. The van der Waals surface area contributed by atoms with Crippen molar-refractivity contribution in [3.8, 4) is 23.5 Å². The van der Waals surface area contributed by atoms with E-state index in [1.54, 1.807) is 22.9 Å². The molecule has 0 radical (unpaired) electrons. The zero-order chi connectivity index (χ0) is 22.2. The fraction of sp³-hybridized carbons (Fsp3) is 0.280. The maximum Gasteiger partial charge on any atom is 0.336 e. The van der Waals surface area contributed by atoms with Crippen LogP contribution in [0.5, 0.6) is 0 Å². The Labute approximate surface area is 182 Å². The fourth-order valence-corrected chi connectivity index (χ4v) is 3.33. The number of aromatic nitrogens is 3. The van der Waals surface area contributed by atoms with Crippen LogP contribution in [0.15, 0.2) is 48.5 Å². The van der Waals surface area contributed by atoms with Crippen LogP contribution in [0.2, 0.25) is 0 Å². The zero-order valence-electron chi connectivity index (χ0n) is 17.5. The smallest absolute Gasteiger partial charge is 0.336 e. The fourth-order valence-electron chi connectivity index (χ4n) is 3.33. The monoisotopic (exact) mass is 415 g/mol. The van der Waals surface area contributed by atoms with Crippen LogP contribution in [0.3, 0.4) is 0 Å². The largest absolute Gasteiger partial charge is 0.478 e.